The number of nitrogens with one attached hydrogen (secondary N) is 1. The number of aromatic carboxylic acids is 2. The van der Waals surface area contributed by atoms with E-state index < -0.39 is 17.8 Å². The molecule has 0 spiro atoms. The van der Waals surface area contributed by atoms with Crippen LogP contribution in [0.2, 0.25) is 0 Å². The molecule has 0 aliphatic carbocycles. The lowest BCUT2D eigenvalue weighted by Crippen LogP contribution is -2.27. The Morgan fingerprint density at radius 3 is 2.04 bits per heavy atom. The summed E-state index contributed by atoms with van der Waals surface area (Å²) in [6, 6.07) is 8.45. The lowest BCUT2D eigenvalue weighted by Gasteiger charge is -2.13. The predicted molar refractivity (Wildman–Crippen MR) is 85.1 cm³/mol. The van der Waals surface area contributed by atoms with Crippen LogP contribution in [-0.2, 0) is 4.79 Å². The molecule has 0 bridgehead atoms. The van der Waals surface area contributed by atoms with Crippen LogP contribution in [0, 0.1) is 13.8 Å². The van der Waals surface area contributed by atoms with Crippen molar-refractivity contribution in [2.75, 3.05) is 11.9 Å². The van der Waals surface area contributed by atoms with E-state index in [4.69, 9.17) is 4.74 Å². The third kappa shape index (κ3) is 4.81. The first kappa shape index (κ1) is 18.0. The van der Waals surface area contributed by atoms with Gasteiger partial charge in [-0.2, -0.15) is 0 Å². The second-order valence-electron chi connectivity index (χ2n) is 5.46. The Kier molecular flexibility index (Phi) is 5.38. The minimum absolute atomic E-state index is 0.00501. The number of carboxylic acids is 2. The monoisotopic (exact) mass is 341 g/mol. The van der Waals surface area contributed by atoms with E-state index in [0.29, 0.717) is 5.75 Å². The van der Waals surface area contributed by atoms with Gasteiger partial charge in [-0.05, 0) is 66.4 Å². The number of hydrogen-bond acceptors (Lipinski definition) is 6. The quantitative estimate of drug-likeness (QED) is 0.793. The summed E-state index contributed by atoms with van der Waals surface area (Å²) < 4.78 is 5.36. The van der Waals surface area contributed by atoms with Crippen molar-refractivity contribution in [3.63, 3.8) is 0 Å². The molecule has 0 radical (unpaired) electrons. The van der Waals surface area contributed by atoms with Gasteiger partial charge in [0.1, 0.15) is 5.75 Å². The largest absolute Gasteiger partial charge is 0.545 e. The molecule has 2 rings (SSSR count). The molecule has 25 heavy (non-hydrogen) atoms. The Labute approximate surface area is 143 Å². The van der Waals surface area contributed by atoms with E-state index in [-0.39, 0.29) is 23.4 Å². The molecule has 0 atom stereocenters. The van der Waals surface area contributed by atoms with Crippen molar-refractivity contribution in [1.29, 1.82) is 0 Å². The predicted octanol–water partition coefficient (Wildman–Crippen LogP) is 0.0479. The summed E-state index contributed by atoms with van der Waals surface area (Å²) in [7, 11) is 0. The zero-order valence-corrected chi connectivity index (χ0v) is 13.6. The van der Waals surface area contributed by atoms with E-state index in [1.54, 1.807) is 12.1 Å². The van der Waals surface area contributed by atoms with Gasteiger partial charge in [0.2, 0.25) is 0 Å². The molecule has 7 nitrogen and oxygen atoms in total. The molecule has 0 aliphatic heterocycles. The fraction of sp³-hybridized carbons (Fsp3) is 0.167. The van der Waals surface area contributed by atoms with E-state index in [2.05, 4.69) is 5.32 Å². The molecule has 1 amide bonds. The van der Waals surface area contributed by atoms with Crippen LogP contribution in [0.25, 0.3) is 0 Å². The van der Waals surface area contributed by atoms with E-state index >= 15 is 0 Å². The Balaban J connectivity index is 2.07. The van der Waals surface area contributed by atoms with Gasteiger partial charge in [-0.15, -0.1) is 0 Å². The highest BCUT2D eigenvalue weighted by Gasteiger charge is 2.08. The van der Waals surface area contributed by atoms with Crippen molar-refractivity contribution in [1.82, 2.24) is 0 Å². The summed E-state index contributed by atoms with van der Waals surface area (Å²) in [4.78, 5) is 33.8. The summed E-state index contributed by atoms with van der Waals surface area (Å²) >= 11 is 0. The van der Waals surface area contributed by atoms with Crippen LogP contribution >= 0.6 is 0 Å². The minimum atomic E-state index is -1.56. The Hall–Kier alpha value is -3.35. The number of aryl methyl sites for hydroxylation is 2. The van der Waals surface area contributed by atoms with Crippen LogP contribution in [0.4, 0.5) is 5.69 Å². The van der Waals surface area contributed by atoms with Crippen LogP contribution < -0.4 is 20.3 Å². The van der Waals surface area contributed by atoms with E-state index in [0.717, 1.165) is 29.3 Å². The standard InChI is InChI=1S/C18H17NO6/c1-10-3-4-15(5-11(10)2)25-9-16(20)19-14-7-12(17(21)22)6-13(8-14)18(23)24/h3-8H,9H2,1-2H3,(H,19,20)(H,21,22)(H,23,24)/p-2. The number of carboxylic acid groups (broad SMARTS) is 2. The van der Waals surface area contributed by atoms with Crippen molar-refractivity contribution in [3.8, 4) is 5.75 Å². The average Bonchev–Trinajstić information content (AvgIpc) is 2.55. The third-order valence-corrected chi connectivity index (χ3v) is 3.54. The summed E-state index contributed by atoms with van der Waals surface area (Å²) in [5, 5.41) is 24.2. The zero-order valence-electron chi connectivity index (χ0n) is 13.6. The van der Waals surface area contributed by atoms with Crippen LogP contribution in [0.5, 0.6) is 5.75 Å². The van der Waals surface area contributed by atoms with Crippen LogP contribution in [0.1, 0.15) is 31.8 Å². The van der Waals surface area contributed by atoms with E-state index in [9.17, 15) is 24.6 Å². The fourth-order valence-corrected chi connectivity index (χ4v) is 2.09. The Bertz CT molecular complexity index is 811. The first-order valence-corrected chi connectivity index (χ1v) is 7.34. The lowest BCUT2D eigenvalue weighted by molar-refractivity contribution is -0.255. The highest BCUT2D eigenvalue weighted by molar-refractivity contribution is 5.97. The third-order valence-electron chi connectivity index (χ3n) is 3.54. The molecular formula is C18H15NO6-2. The molecule has 2 aromatic carbocycles. The molecule has 2 aromatic rings. The molecule has 0 saturated heterocycles. The highest BCUT2D eigenvalue weighted by Crippen LogP contribution is 2.17. The van der Waals surface area contributed by atoms with Gasteiger partial charge in [-0.3, -0.25) is 4.79 Å². The molecule has 7 heteroatoms. The summed E-state index contributed by atoms with van der Waals surface area (Å²) in [6.07, 6.45) is 0. The Morgan fingerprint density at radius 1 is 0.920 bits per heavy atom. The first-order valence-electron chi connectivity index (χ1n) is 7.34. The maximum absolute atomic E-state index is 11.9. The smallest absolute Gasteiger partial charge is 0.262 e. The molecular weight excluding hydrogens is 326 g/mol. The molecule has 0 unspecified atom stereocenters. The molecule has 0 fully saturated rings. The van der Waals surface area contributed by atoms with Crippen LogP contribution in [0.3, 0.4) is 0 Å². The number of carbonyl (C=O) groups is 3. The van der Waals surface area contributed by atoms with Gasteiger partial charge < -0.3 is 29.9 Å². The normalized spacial score (nSPS) is 10.2. The number of carbonyl (C=O) groups excluding carboxylic acids is 3. The first-order chi connectivity index (χ1) is 11.8. The van der Waals surface area contributed by atoms with Crippen LogP contribution in [0.15, 0.2) is 36.4 Å². The van der Waals surface area contributed by atoms with Crippen molar-refractivity contribution in [2.45, 2.75) is 13.8 Å². The SMILES string of the molecule is Cc1ccc(OCC(=O)Nc2cc(C(=O)[O-])cc(C(=O)[O-])c2)cc1C. The van der Waals surface area contributed by atoms with Crippen molar-refractivity contribution in [3.05, 3.63) is 58.7 Å². The van der Waals surface area contributed by atoms with Gasteiger partial charge in [0, 0.05) is 5.69 Å². The van der Waals surface area contributed by atoms with Gasteiger partial charge in [-0.25, -0.2) is 0 Å². The topological polar surface area (TPSA) is 119 Å². The van der Waals surface area contributed by atoms with Gasteiger partial charge in [-0.1, -0.05) is 6.07 Å². The zero-order chi connectivity index (χ0) is 18.6. The van der Waals surface area contributed by atoms with Crippen LogP contribution in [-0.4, -0.2) is 24.5 Å². The second-order valence-corrected chi connectivity index (χ2v) is 5.46. The maximum Gasteiger partial charge on any atom is 0.262 e. The van der Waals surface area contributed by atoms with E-state index in [1.165, 1.54) is 0 Å². The summed E-state index contributed by atoms with van der Waals surface area (Å²) in [5.74, 6) is -3.19. The number of anilines is 1. The van der Waals surface area contributed by atoms with Crippen molar-refractivity contribution >= 4 is 23.5 Å². The summed E-state index contributed by atoms with van der Waals surface area (Å²) in [6.45, 7) is 3.54. The summed E-state index contributed by atoms with van der Waals surface area (Å²) in [5.41, 5.74) is 1.33. The molecule has 0 heterocycles. The van der Waals surface area contributed by atoms with Crippen molar-refractivity contribution in [2.24, 2.45) is 0 Å². The maximum atomic E-state index is 11.9. The number of rotatable bonds is 6. The second kappa shape index (κ2) is 7.48. The molecule has 0 aliphatic rings. The number of benzene rings is 2. The van der Waals surface area contributed by atoms with E-state index in [1.807, 2.05) is 19.9 Å². The number of hydrogen-bond donors (Lipinski definition) is 1. The Morgan fingerprint density at radius 2 is 1.52 bits per heavy atom. The van der Waals surface area contributed by atoms with Gasteiger partial charge in [0.05, 0.1) is 11.9 Å². The van der Waals surface area contributed by atoms with Crippen molar-refractivity contribution < 1.29 is 29.3 Å². The molecule has 1 N–H and O–H groups in total. The van der Waals surface area contributed by atoms with Gasteiger partial charge in [0.15, 0.2) is 6.61 Å². The molecule has 0 aromatic heterocycles. The molecule has 130 valence electrons. The number of ether oxygens (including phenoxy) is 1. The number of amides is 1. The highest BCUT2D eigenvalue weighted by atomic mass is 16.5. The molecule has 0 saturated carbocycles. The van der Waals surface area contributed by atoms with Gasteiger partial charge in [0.25, 0.3) is 5.91 Å². The van der Waals surface area contributed by atoms with Gasteiger partial charge >= 0.3 is 0 Å². The lowest BCUT2D eigenvalue weighted by atomic mass is 10.1. The fourth-order valence-electron chi connectivity index (χ4n) is 2.09. The minimum Gasteiger partial charge on any atom is -0.545 e. The average molecular weight is 341 g/mol.